The Hall–Kier alpha value is -1.81. The van der Waals surface area contributed by atoms with Gasteiger partial charge in [0.1, 0.15) is 11.5 Å². The van der Waals surface area contributed by atoms with Gasteiger partial charge in [-0.15, -0.1) is 0 Å². The molecule has 0 aliphatic heterocycles. The van der Waals surface area contributed by atoms with Crippen molar-refractivity contribution in [3.63, 3.8) is 0 Å². The fraction of sp³-hybridized carbons (Fsp3) is 0.381. The van der Waals surface area contributed by atoms with E-state index in [-0.39, 0.29) is 5.97 Å². The molecule has 0 spiro atoms. The second-order valence-corrected chi connectivity index (χ2v) is 7.23. The molecule has 0 aromatic heterocycles. The number of hydrogen-bond acceptors (Lipinski definition) is 3. The average Bonchev–Trinajstić information content (AvgIpc) is 2.65. The third-order valence-electron chi connectivity index (χ3n) is 4.63. The fourth-order valence-electron chi connectivity index (χ4n) is 3.29. The Balaban J connectivity index is 1.69. The van der Waals surface area contributed by atoms with Crippen molar-refractivity contribution in [3.8, 4) is 11.5 Å². The molecule has 0 N–H and O–H groups in total. The van der Waals surface area contributed by atoms with Gasteiger partial charge in [-0.05, 0) is 83.6 Å². The average molecular weight is 403 g/mol. The highest BCUT2D eigenvalue weighted by Gasteiger charge is 2.17. The lowest BCUT2D eigenvalue weighted by molar-refractivity contribution is 0.0526. The van der Waals surface area contributed by atoms with E-state index >= 15 is 0 Å². The Bertz CT molecular complexity index is 718. The molecule has 1 aliphatic carbocycles. The van der Waals surface area contributed by atoms with Gasteiger partial charge in [-0.2, -0.15) is 0 Å². The second-order valence-electron chi connectivity index (χ2n) is 6.37. The van der Waals surface area contributed by atoms with E-state index in [0.717, 1.165) is 10.2 Å². The first-order valence-corrected chi connectivity index (χ1v) is 9.71. The maximum absolute atomic E-state index is 11.7. The molecular formula is C21H23BrO3. The maximum atomic E-state index is 11.7. The number of carbonyl (C=O) groups excluding carboxylic acids is 1. The van der Waals surface area contributed by atoms with E-state index < -0.39 is 0 Å². The summed E-state index contributed by atoms with van der Waals surface area (Å²) in [5.74, 6) is 1.83. The van der Waals surface area contributed by atoms with Crippen LogP contribution in [0.3, 0.4) is 0 Å². The fourth-order valence-corrected chi connectivity index (χ4v) is 3.77. The summed E-state index contributed by atoms with van der Waals surface area (Å²) in [6, 6.07) is 13.4. The Morgan fingerprint density at radius 3 is 2.44 bits per heavy atom. The van der Waals surface area contributed by atoms with Crippen molar-refractivity contribution in [2.45, 2.75) is 44.9 Å². The van der Waals surface area contributed by atoms with Gasteiger partial charge in [0.25, 0.3) is 0 Å². The molecule has 0 radical (unpaired) electrons. The third-order valence-corrected chi connectivity index (χ3v) is 5.25. The molecule has 1 fully saturated rings. The van der Waals surface area contributed by atoms with Crippen molar-refractivity contribution in [1.29, 1.82) is 0 Å². The number of benzene rings is 2. The Labute approximate surface area is 157 Å². The molecule has 0 unspecified atom stereocenters. The standard InChI is InChI=1S/C21H23BrO3/c1-2-24-21(23)16-8-11-18(12-9-16)25-20-13-10-17(14-19(20)22)15-6-4-3-5-7-15/h8-15H,2-7H2,1H3. The highest BCUT2D eigenvalue weighted by atomic mass is 79.9. The highest BCUT2D eigenvalue weighted by Crippen LogP contribution is 2.37. The molecule has 1 aliphatic rings. The van der Waals surface area contributed by atoms with Crippen LogP contribution in [0.4, 0.5) is 0 Å². The zero-order valence-corrected chi connectivity index (χ0v) is 16.1. The van der Waals surface area contributed by atoms with E-state index in [0.29, 0.717) is 23.8 Å². The van der Waals surface area contributed by atoms with Gasteiger partial charge in [0.15, 0.2) is 0 Å². The molecular weight excluding hydrogens is 380 g/mol. The van der Waals surface area contributed by atoms with Crippen LogP contribution in [0.2, 0.25) is 0 Å². The topological polar surface area (TPSA) is 35.5 Å². The number of halogens is 1. The molecule has 2 aromatic carbocycles. The van der Waals surface area contributed by atoms with Gasteiger partial charge in [0, 0.05) is 0 Å². The number of esters is 1. The van der Waals surface area contributed by atoms with Crippen molar-refractivity contribution < 1.29 is 14.3 Å². The normalized spacial score (nSPS) is 15.0. The van der Waals surface area contributed by atoms with E-state index in [9.17, 15) is 4.79 Å². The summed E-state index contributed by atoms with van der Waals surface area (Å²) in [4.78, 5) is 11.7. The first-order chi connectivity index (χ1) is 12.2. The minimum atomic E-state index is -0.313. The molecule has 0 bridgehead atoms. The number of rotatable bonds is 5. The quantitative estimate of drug-likeness (QED) is 0.537. The molecule has 132 valence electrons. The summed E-state index contributed by atoms with van der Waals surface area (Å²) in [6.07, 6.45) is 6.57. The van der Waals surface area contributed by atoms with Gasteiger partial charge in [0.05, 0.1) is 16.6 Å². The smallest absolute Gasteiger partial charge is 0.338 e. The maximum Gasteiger partial charge on any atom is 0.338 e. The van der Waals surface area contributed by atoms with Crippen LogP contribution in [0.5, 0.6) is 11.5 Å². The van der Waals surface area contributed by atoms with Crippen LogP contribution in [0.1, 0.15) is 60.9 Å². The van der Waals surface area contributed by atoms with E-state index in [1.54, 1.807) is 31.2 Å². The molecule has 0 atom stereocenters. The van der Waals surface area contributed by atoms with Crippen LogP contribution in [-0.4, -0.2) is 12.6 Å². The summed E-state index contributed by atoms with van der Waals surface area (Å²) in [5.41, 5.74) is 1.91. The minimum absolute atomic E-state index is 0.313. The van der Waals surface area contributed by atoms with Crippen LogP contribution in [0, 0.1) is 0 Å². The molecule has 0 saturated heterocycles. The van der Waals surface area contributed by atoms with Crippen LogP contribution >= 0.6 is 15.9 Å². The molecule has 3 nitrogen and oxygen atoms in total. The summed E-state index contributed by atoms with van der Waals surface area (Å²) in [7, 11) is 0. The van der Waals surface area contributed by atoms with Gasteiger partial charge in [-0.1, -0.05) is 25.3 Å². The molecule has 4 heteroatoms. The third kappa shape index (κ3) is 4.63. The lowest BCUT2D eigenvalue weighted by atomic mass is 9.84. The largest absolute Gasteiger partial charge is 0.462 e. The zero-order valence-electron chi connectivity index (χ0n) is 14.5. The van der Waals surface area contributed by atoms with Crippen LogP contribution in [0.15, 0.2) is 46.9 Å². The van der Waals surface area contributed by atoms with Crippen LogP contribution in [-0.2, 0) is 4.74 Å². The first-order valence-electron chi connectivity index (χ1n) is 8.92. The van der Waals surface area contributed by atoms with Crippen LogP contribution in [0.25, 0.3) is 0 Å². The highest BCUT2D eigenvalue weighted by molar-refractivity contribution is 9.10. The Morgan fingerprint density at radius 2 is 1.80 bits per heavy atom. The van der Waals surface area contributed by atoms with Crippen LogP contribution < -0.4 is 4.74 Å². The summed E-state index contributed by atoms with van der Waals surface area (Å²) < 4.78 is 11.9. The minimum Gasteiger partial charge on any atom is -0.462 e. The summed E-state index contributed by atoms with van der Waals surface area (Å²) in [6.45, 7) is 2.17. The lowest BCUT2D eigenvalue weighted by Crippen LogP contribution is -2.04. The second kappa shape index (κ2) is 8.52. The number of hydrogen-bond donors (Lipinski definition) is 0. The molecule has 1 saturated carbocycles. The summed E-state index contributed by atoms with van der Waals surface area (Å²) in [5, 5.41) is 0. The molecule has 3 rings (SSSR count). The van der Waals surface area contributed by atoms with Crippen molar-refractivity contribution in [2.75, 3.05) is 6.61 Å². The number of carbonyl (C=O) groups is 1. The lowest BCUT2D eigenvalue weighted by Gasteiger charge is -2.22. The van der Waals surface area contributed by atoms with E-state index in [4.69, 9.17) is 9.47 Å². The van der Waals surface area contributed by atoms with Gasteiger partial charge >= 0.3 is 5.97 Å². The Morgan fingerprint density at radius 1 is 1.08 bits per heavy atom. The van der Waals surface area contributed by atoms with E-state index in [1.165, 1.54) is 37.7 Å². The number of ether oxygens (including phenoxy) is 2. The van der Waals surface area contributed by atoms with Crippen molar-refractivity contribution in [3.05, 3.63) is 58.1 Å². The SMILES string of the molecule is CCOC(=O)c1ccc(Oc2ccc(C3CCCCC3)cc2Br)cc1. The van der Waals surface area contributed by atoms with Gasteiger partial charge in [0.2, 0.25) is 0 Å². The monoisotopic (exact) mass is 402 g/mol. The van der Waals surface area contributed by atoms with Gasteiger partial charge in [-0.3, -0.25) is 0 Å². The Kier molecular flexibility index (Phi) is 6.14. The van der Waals surface area contributed by atoms with Crippen molar-refractivity contribution in [1.82, 2.24) is 0 Å². The summed E-state index contributed by atoms with van der Waals surface area (Å²) >= 11 is 3.63. The predicted molar refractivity (Wildman–Crippen MR) is 102 cm³/mol. The van der Waals surface area contributed by atoms with Crippen molar-refractivity contribution in [2.24, 2.45) is 0 Å². The molecule has 0 heterocycles. The van der Waals surface area contributed by atoms with E-state index in [2.05, 4.69) is 28.1 Å². The molecule has 0 amide bonds. The van der Waals surface area contributed by atoms with Gasteiger partial charge < -0.3 is 9.47 Å². The molecule has 2 aromatic rings. The molecule has 25 heavy (non-hydrogen) atoms. The zero-order chi connectivity index (χ0) is 17.6. The van der Waals surface area contributed by atoms with Gasteiger partial charge in [-0.25, -0.2) is 4.79 Å². The predicted octanol–water partition coefficient (Wildman–Crippen LogP) is 6.47. The van der Waals surface area contributed by atoms with Crippen molar-refractivity contribution >= 4 is 21.9 Å². The first kappa shape index (κ1) is 18.0. The van der Waals surface area contributed by atoms with E-state index in [1.807, 2.05) is 6.07 Å².